The van der Waals surface area contributed by atoms with Gasteiger partial charge in [-0.25, -0.2) is 9.37 Å². The molecule has 2 heterocycles. The second-order valence-corrected chi connectivity index (χ2v) is 8.68. The Morgan fingerprint density at radius 3 is 2.41 bits per heavy atom. The van der Waals surface area contributed by atoms with Crippen molar-refractivity contribution in [3.63, 3.8) is 0 Å². The molecule has 0 bridgehead atoms. The van der Waals surface area contributed by atoms with E-state index in [2.05, 4.69) is 10.3 Å². The third-order valence-electron chi connectivity index (χ3n) is 5.41. The minimum atomic E-state index is -0.669. The predicted molar refractivity (Wildman–Crippen MR) is 108 cm³/mol. The number of likely N-dealkylation sites (tertiary alicyclic amines) is 1. The van der Waals surface area contributed by atoms with Crippen molar-refractivity contribution < 1.29 is 14.0 Å². The number of rotatable bonds is 4. The van der Waals surface area contributed by atoms with Gasteiger partial charge in [0.05, 0.1) is 0 Å². The Kier molecular flexibility index (Phi) is 6.05. The zero-order chi connectivity index (χ0) is 21.2. The first-order valence-electron chi connectivity index (χ1n) is 10.00. The number of hydrogen-bond acceptors (Lipinski definition) is 3. The van der Waals surface area contributed by atoms with Crippen molar-refractivity contribution in [3.05, 3.63) is 53.9 Å². The molecule has 1 aliphatic heterocycles. The van der Waals surface area contributed by atoms with Crippen LogP contribution < -0.4 is 5.32 Å². The molecule has 0 spiro atoms. The summed E-state index contributed by atoms with van der Waals surface area (Å²) in [6, 6.07) is 5.75. The molecule has 1 aromatic heterocycles. The standard InChI is InChI=1S/C22H29FN4O2/c1-22(2,3)21(29)27-12-9-15(10-13-27)20(28)25-18(19-24-11-14-26(19)4)16-7-5-6-8-17(16)23/h5-8,11,14-15,18H,9-10,12-13H2,1-4H3,(H,25,28). The number of amides is 2. The van der Waals surface area contributed by atoms with E-state index in [0.29, 0.717) is 37.3 Å². The van der Waals surface area contributed by atoms with Crippen LogP contribution in [-0.4, -0.2) is 39.4 Å². The lowest BCUT2D eigenvalue weighted by atomic mass is 9.90. The molecule has 7 heteroatoms. The number of benzene rings is 1. The van der Waals surface area contributed by atoms with Gasteiger partial charge in [-0.05, 0) is 18.9 Å². The fourth-order valence-corrected chi connectivity index (χ4v) is 3.73. The zero-order valence-electron chi connectivity index (χ0n) is 17.5. The molecule has 3 rings (SSSR count). The van der Waals surface area contributed by atoms with Crippen LogP contribution in [0.3, 0.4) is 0 Å². The maximum atomic E-state index is 14.5. The van der Waals surface area contributed by atoms with E-state index in [1.54, 1.807) is 35.2 Å². The highest BCUT2D eigenvalue weighted by Gasteiger charge is 2.34. The summed E-state index contributed by atoms with van der Waals surface area (Å²) in [5.74, 6) is -0.0542. The maximum Gasteiger partial charge on any atom is 0.227 e. The Bertz CT molecular complexity index is 879. The van der Waals surface area contributed by atoms with Crippen molar-refractivity contribution in [2.45, 2.75) is 39.7 Å². The predicted octanol–water partition coefficient (Wildman–Crippen LogP) is 3.05. The first-order chi connectivity index (χ1) is 13.7. The number of aromatic nitrogens is 2. The van der Waals surface area contributed by atoms with Gasteiger partial charge in [0.25, 0.3) is 0 Å². The molecular weight excluding hydrogens is 371 g/mol. The number of aryl methyl sites for hydroxylation is 1. The molecule has 0 aliphatic carbocycles. The number of nitrogens with zero attached hydrogens (tertiary/aromatic N) is 3. The van der Waals surface area contributed by atoms with Gasteiger partial charge in [0, 0.05) is 49.4 Å². The Labute approximate surface area is 171 Å². The SMILES string of the molecule is Cn1ccnc1C(NC(=O)C1CCN(C(=O)C(C)(C)C)CC1)c1ccccc1F. The summed E-state index contributed by atoms with van der Waals surface area (Å²) in [5.41, 5.74) is -0.0426. The molecule has 1 fully saturated rings. The first kappa shape index (κ1) is 21.0. The van der Waals surface area contributed by atoms with Gasteiger partial charge in [-0.3, -0.25) is 9.59 Å². The Morgan fingerprint density at radius 1 is 1.21 bits per heavy atom. The Hall–Kier alpha value is -2.70. The fraction of sp³-hybridized carbons (Fsp3) is 0.500. The third-order valence-corrected chi connectivity index (χ3v) is 5.41. The van der Waals surface area contributed by atoms with Gasteiger partial charge >= 0.3 is 0 Å². The number of piperidine rings is 1. The van der Waals surface area contributed by atoms with E-state index >= 15 is 0 Å². The van der Waals surface area contributed by atoms with Crippen LogP contribution in [0.2, 0.25) is 0 Å². The smallest absolute Gasteiger partial charge is 0.227 e. The normalized spacial score (nSPS) is 16.5. The van der Waals surface area contributed by atoms with Gasteiger partial charge in [0.2, 0.25) is 11.8 Å². The van der Waals surface area contributed by atoms with E-state index in [9.17, 15) is 14.0 Å². The number of nitrogens with one attached hydrogen (secondary N) is 1. The fourth-order valence-electron chi connectivity index (χ4n) is 3.73. The lowest BCUT2D eigenvalue weighted by Crippen LogP contribution is -2.47. The van der Waals surface area contributed by atoms with Crippen LogP contribution in [0.25, 0.3) is 0 Å². The minimum Gasteiger partial charge on any atom is -0.342 e. The molecule has 1 N–H and O–H groups in total. The summed E-state index contributed by atoms with van der Waals surface area (Å²) < 4.78 is 16.3. The minimum absolute atomic E-state index is 0.105. The van der Waals surface area contributed by atoms with Crippen LogP contribution in [0.5, 0.6) is 0 Å². The molecule has 6 nitrogen and oxygen atoms in total. The van der Waals surface area contributed by atoms with E-state index in [1.807, 2.05) is 32.7 Å². The molecule has 0 radical (unpaired) electrons. The largest absolute Gasteiger partial charge is 0.342 e. The Morgan fingerprint density at radius 2 is 1.86 bits per heavy atom. The van der Waals surface area contributed by atoms with Crippen molar-refractivity contribution in [1.29, 1.82) is 0 Å². The van der Waals surface area contributed by atoms with Crippen LogP contribution in [0.4, 0.5) is 4.39 Å². The van der Waals surface area contributed by atoms with Gasteiger partial charge < -0.3 is 14.8 Å². The molecule has 1 unspecified atom stereocenters. The van der Waals surface area contributed by atoms with Crippen molar-refractivity contribution in [2.24, 2.45) is 18.4 Å². The van der Waals surface area contributed by atoms with Crippen molar-refractivity contribution in [2.75, 3.05) is 13.1 Å². The highest BCUT2D eigenvalue weighted by atomic mass is 19.1. The summed E-state index contributed by atoms with van der Waals surface area (Å²) in [7, 11) is 1.82. The third kappa shape index (κ3) is 4.66. The number of halogens is 1. The number of carbonyl (C=O) groups excluding carboxylic acids is 2. The van der Waals surface area contributed by atoms with Gasteiger partial charge in [0.15, 0.2) is 0 Å². The van der Waals surface area contributed by atoms with Crippen LogP contribution in [0, 0.1) is 17.2 Å². The average Bonchev–Trinajstić information content (AvgIpc) is 3.11. The summed E-state index contributed by atoms with van der Waals surface area (Å²) in [6.07, 6.45) is 4.59. The summed E-state index contributed by atoms with van der Waals surface area (Å²) in [6.45, 7) is 6.82. The number of hydrogen-bond donors (Lipinski definition) is 1. The van der Waals surface area contributed by atoms with E-state index < -0.39 is 11.5 Å². The number of carbonyl (C=O) groups is 2. The molecular formula is C22H29FN4O2. The zero-order valence-corrected chi connectivity index (χ0v) is 17.5. The Balaban J connectivity index is 1.73. The molecule has 29 heavy (non-hydrogen) atoms. The van der Waals surface area contributed by atoms with Crippen molar-refractivity contribution in [3.8, 4) is 0 Å². The highest BCUT2D eigenvalue weighted by molar-refractivity contribution is 5.83. The van der Waals surface area contributed by atoms with E-state index in [-0.39, 0.29) is 23.5 Å². The quantitative estimate of drug-likeness (QED) is 0.858. The average molecular weight is 400 g/mol. The lowest BCUT2D eigenvalue weighted by molar-refractivity contribution is -0.142. The second kappa shape index (κ2) is 8.35. The van der Waals surface area contributed by atoms with Gasteiger partial charge in [-0.15, -0.1) is 0 Å². The summed E-state index contributed by atoms with van der Waals surface area (Å²) in [5, 5.41) is 3.00. The van der Waals surface area contributed by atoms with Gasteiger partial charge in [0.1, 0.15) is 17.7 Å². The van der Waals surface area contributed by atoms with Gasteiger partial charge in [-0.1, -0.05) is 39.0 Å². The molecule has 2 aromatic rings. The maximum absolute atomic E-state index is 14.5. The second-order valence-electron chi connectivity index (χ2n) is 8.68. The van der Waals surface area contributed by atoms with Crippen molar-refractivity contribution >= 4 is 11.8 Å². The number of imidazole rings is 1. The van der Waals surface area contributed by atoms with Gasteiger partial charge in [-0.2, -0.15) is 0 Å². The molecule has 1 atom stereocenters. The topological polar surface area (TPSA) is 67.2 Å². The van der Waals surface area contributed by atoms with E-state index in [4.69, 9.17) is 0 Å². The van der Waals surface area contributed by atoms with E-state index in [1.165, 1.54) is 6.07 Å². The van der Waals surface area contributed by atoms with Crippen LogP contribution >= 0.6 is 0 Å². The summed E-state index contributed by atoms with van der Waals surface area (Å²) >= 11 is 0. The monoisotopic (exact) mass is 400 g/mol. The molecule has 1 aliphatic rings. The molecule has 2 amide bonds. The van der Waals surface area contributed by atoms with Crippen LogP contribution in [-0.2, 0) is 16.6 Å². The highest BCUT2D eigenvalue weighted by Crippen LogP contribution is 2.27. The first-order valence-corrected chi connectivity index (χ1v) is 10.00. The van der Waals surface area contributed by atoms with Crippen LogP contribution in [0.1, 0.15) is 51.0 Å². The molecule has 1 saturated heterocycles. The molecule has 0 saturated carbocycles. The van der Waals surface area contributed by atoms with Crippen LogP contribution in [0.15, 0.2) is 36.7 Å². The summed E-state index contributed by atoms with van der Waals surface area (Å²) in [4.78, 5) is 31.6. The van der Waals surface area contributed by atoms with Crippen molar-refractivity contribution in [1.82, 2.24) is 19.8 Å². The molecule has 1 aromatic carbocycles. The van der Waals surface area contributed by atoms with E-state index in [0.717, 1.165) is 0 Å². The lowest BCUT2D eigenvalue weighted by Gasteiger charge is -2.35. The molecule has 156 valence electrons.